The minimum atomic E-state index is -2.58. The lowest BCUT2D eigenvalue weighted by molar-refractivity contribution is -0.346. The van der Waals surface area contributed by atoms with Gasteiger partial charge in [-0.2, -0.15) is 0 Å². The van der Waals surface area contributed by atoms with E-state index in [9.17, 15) is 24.3 Å². The minimum absolute atomic E-state index is 0.0370. The molecular weight excluding hydrogens is 696 g/mol. The molecule has 0 spiro atoms. The van der Waals surface area contributed by atoms with Crippen LogP contribution in [0, 0.1) is 0 Å². The van der Waals surface area contributed by atoms with Crippen LogP contribution in [-0.2, 0) is 63.3 Å². The van der Waals surface area contributed by atoms with Crippen molar-refractivity contribution in [2.24, 2.45) is 0 Å². The normalized spacial score (nSPS) is 28.0. The number of hydrogen-bond donors (Lipinski definition) is 1. The molecule has 2 heterocycles. The van der Waals surface area contributed by atoms with Crippen LogP contribution in [-0.4, -0.2) is 106 Å². The zero-order chi connectivity index (χ0) is 38.2. The molecule has 0 aromatic heterocycles. The SMILES string of the molecule is CC(=O)O[C@@H]1[C@@H](OC(C)=O)[C@H](O[C@H]2[C@H](OCc3ccccc3)[C@@H](O)[C@H](O[Si](C)(C)C(C)(C)C)O[C@@H]2COC(=O)c2ccccc2)OC[C@H]1OC(C)=O. The molecule has 52 heavy (non-hydrogen) atoms. The zero-order valence-corrected chi connectivity index (χ0v) is 31.8. The standard InChI is InChI=1S/C37H50O14Si/c1-22(38)46-27-21-45-36(33(48-24(3)40)31(27)47-23(2)39)50-30-28(20-44-34(42)26-17-13-10-14-18-26)49-35(51-52(7,8)37(4,5)6)29(41)32(30)43-19-25-15-11-9-12-16-25/h9-18,27-33,35-36,41H,19-21H2,1-8H3/t27-,28-,29-,30-,31+,32-,33-,35+,36+/m1/s1. The number of aliphatic hydroxyl groups is 1. The lowest BCUT2D eigenvalue weighted by atomic mass is 9.97. The largest absolute Gasteiger partial charge is 0.459 e. The Hall–Kier alpha value is -3.70. The van der Waals surface area contributed by atoms with Crippen molar-refractivity contribution in [3.8, 4) is 0 Å². The highest BCUT2D eigenvalue weighted by atomic mass is 28.4. The van der Waals surface area contributed by atoms with E-state index in [0.717, 1.165) is 19.4 Å². The summed E-state index contributed by atoms with van der Waals surface area (Å²) in [6.45, 7) is 13.0. The molecule has 0 aliphatic carbocycles. The van der Waals surface area contributed by atoms with Gasteiger partial charge < -0.3 is 47.4 Å². The molecular formula is C37H50O14Si. The van der Waals surface area contributed by atoms with E-state index in [4.69, 9.17) is 42.3 Å². The number of benzene rings is 2. The van der Waals surface area contributed by atoms with Gasteiger partial charge in [0.15, 0.2) is 39.2 Å². The molecule has 2 saturated heterocycles. The summed E-state index contributed by atoms with van der Waals surface area (Å²) < 4.78 is 54.0. The quantitative estimate of drug-likeness (QED) is 0.177. The van der Waals surface area contributed by atoms with E-state index in [1.165, 1.54) is 6.92 Å². The van der Waals surface area contributed by atoms with Gasteiger partial charge in [0.05, 0.1) is 18.8 Å². The Morgan fingerprint density at radius 3 is 1.94 bits per heavy atom. The van der Waals surface area contributed by atoms with Gasteiger partial charge in [0.1, 0.15) is 31.0 Å². The summed E-state index contributed by atoms with van der Waals surface area (Å²) in [5.41, 5.74) is 1.09. The van der Waals surface area contributed by atoms with Crippen molar-refractivity contribution < 1.29 is 66.6 Å². The fraction of sp³-hybridized carbons (Fsp3) is 0.568. The predicted molar refractivity (Wildman–Crippen MR) is 186 cm³/mol. The van der Waals surface area contributed by atoms with Gasteiger partial charge in [-0.05, 0) is 35.8 Å². The Bertz CT molecular complexity index is 1500. The van der Waals surface area contributed by atoms with Crippen LogP contribution in [0.5, 0.6) is 0 Å². The first-order valence-electron chi connectivity index (χ1n) is 17.1. The molecule has 0 saturated carbocycles. The Labute approximate surface area is 305 Å². The fourth-order valence-corrected chi connectivity index (χ4v) is 6.64. The van der Waals surface area contributed by atoms with E-state index in [0.29, 0.717) is 5.56 Å². The molecule has 286 valence electrons. The van der Waals surface area contributed by atoms with Crippen LogP contribution in [0.2, 0.25) is 18.1 Å². The molecule has 15 heteroatoms. The molecule has 4 rings (SSSR count). The number of carbonyl (C=O) groups excluding carboxylic acids is 4. The third kappa shape index (κ3) is 10.9. The van der Waals surface area contributed by atoms with E-state index >= 15 is 0 Å². The summed E-state index contributed by atoms with van der Waals surface area (Å²) >= 11 is 0. The predicted octanol–water partition coefficient (Wildman–Crippen LogP) is 4.07. The molecule has 2 aliphatic heterocycles. The summed E-state index contributed by atoms with van der Waals surface area (Å²) in [7, 11) is -2.58. The zero-order valence-electron chi connectivity index (χ0n) is 30.8. The first-order chi connectivity index (χ1) is 24.5. The van der Waals surface area contributed by atoms with Gasteiger partial charge in [-0.25, -0.2) is 4.79 Å². The van der Waals surface area contributed by atoms with Crippen molar-refractivity contribution in [2.45, 2.75) is 122 Å². The van der Waals surface area contributed by atoms with Crippen LogP contribution < -0.4 is 0 Å². The smallest absolute Gasteiger partial charge is 0.338 e. The van der Waals surface area contributed by atoms with Gasteiger partial charge in [-0.1, -0.05) is 69.3 Å². The number of esters is 4. The number of hydrogen-bond acceptors (Lipinski definition) is 14. The summed E-state index contributed by atoms with van der Waals surface area (Å²) in [5, 5.41) is 11.7. The van der Waals surface area contributed by atoms with Crippen LogP contribution in [0.3, 0.4) is 0 Å². The molecule has 0 amide bonds. The van der Waals surface area contributed by atoms with Crippen molar-refractivity contribution in [3.63, 3.8) is 0 Å². The van der Waals surface area contributed by atoms with Crippen molar-refractivity contribution in [1.82, 2.24) is 0 Å². The second kappa shape index (κ2) is 17.9. The van der Waals surface area contributed by atoms with E-state index in [1.807, 2.05) is 64.2 Å². The first kappa shape index (κ1) is 41.1. The molecule has 1 N–H and O–H groups in total. The maximum absolute atomic E-state index is 13.1. The molecule has 2 aromatic rings. The minimum Gasteiger partial charge on any atom is -0.459 e. The monoisotopic (exact) mass is 746 g/mol. The van der Waals surface area contributed by atoms with Crippen LogP contribution in [0.1, 0.15) is 57.5 Å². The van der Waals surface area contributed by atoms with E-state index < -0.39 is 87.5 Å². The molecule has 0 radical (unpaired) electrons. The van der Waals surface area contributed by atoms with Crippen LogP contribution in [0.25, 0.3) is 0 Å². The van der Waals surface area contributed by atoms with Crippen molar-refractivity contribution in [2.75, 3.05) is 13.2 Å². The average molecular weight is 747 g/mol. The molecule has 9 atom stereocenters. The van der Waals surface area contributed by atoms with Crippen LogP contribution >= 0.6 is 0 Å². The van der Waals surface area contributed by atoms with Gasteiger partial charge in [-0.3, -0.25) is 14.4 Å². The molecule has 2 aromatic carbocycles. The van der Waals surface area contributed by atoms with Gasteiger partial charge in [-0.15, -0.1) is 0 Å². The van der Waals surface area contributed by atoms with E-state index in [2.05, 4.69) is 0 Å². The summed E-state index contributed by atoms with van der Waals surface area (Å²) in [6.07, 6.45) is -11.6. The van der Waals surface area contributed by atoms with Gasteiger partial charge in [0.25, 0.3) is 0 Å². The highest BCUT2D eigenvalue weighted by molar-refractivity contribution is 6.74. The summed E-state index contributed by atoms with van der Waals surface area (Å²) in [4.78, 5) is 49.6. The molecule has 14 nitrogen and oxygen atoms in total. The van der Waals surface area contributed by atoms with Gasteiger partial charge in [0, 0.05) is 20.8 Å². The van der Waals surface area contributed by atoms with E-state index in [1.54, 1.807) is 30.3 Å². The maximum Gasteiger partial charge on any atom is 0.338 e. The molecule has 2 aliphatic rings. The summed E-state index contributed by atoms with van der Waals surface area (Å²) in [5.74, 6) is -2.82. The molecule has 2 fully saturated rings. The van der Waals surface area contributed by atoms with Gasteiger partial charge in [0.2, 0.25) is 0 Å². The van der Waals surface area contributed by atoms with E-state index in [-0.39, 0.29) is 24.9 Å². The Balaban J connectivity index is 1.74. The third-order valence-electron chi connectivity index (χ3n) is 9.10. The second-order valence-corrected chi connectivity index (χ2v) is 19.0. The number of aliphatic hydroxyl groups excluding tert-OH is 1. The highest BCUT2D eigenvalue weighted by Gasteiger charge is 2.55. The average Bonchev–Trinajstić information content (AvgIpc) is 3.07. The second-order valence-electron chi connectivity index (χ2n) is 14.2. The van der Waals surface area contributed by atoms with Crippen LogP contribution in [0.4, 0.5) is 0 Å². The topological polar surface area (TPSA) is 172 Å². The van der Waals surface area contributed by atoms with Crippen molar-refractivity contribution in [1.29, 1.82) is 0 Å². The Morgan fingerprint density at radius 2 is 1.37 bits per heavy atom. The summed E-state index contributed by atoms with van der Waals surface area (Å²) in [6, 6.07) is 17.6. The third-order valence-corrected chi connectivity index (χ3v) is 13.5. The number of ether oxygens (including phenoxy) is 8. The van der Waals surface area contributed by atoms with Crippen molar-refractivity contribution in [3.05, 3.63) is 71.8 Å². The lowest BCUT2D eigenvalue weighted by Gasteiger charge is -2.49. The van der Waals surface area contributed by atoms with Crippen LogP contribution in [0.15, 0.2) is 60.7 Å². The lowest BCUT2D eigenvalue weighted by Crippen LogP contribution is -2.66. The molecule has 0 unspecified atom stereocenters. The number of carbonyl (C=O) groups is 4. The highest BCUT2D eigenvalue weighted by Crippen LogP contribution is 2.40. The number of rotatable bonds is 13. The fourth-order valence-electron chi connectivity index (χ4n) is 5.51. The Morgan fingerprint density at radius 1 is 0.788 bits per heavy atom. The van der Waals surface area contributed by atoms with Crippen molar-refractivity contribution >= 4 is 32.2 Å². The van der Waals surface area contributed by atoms with Gasteiger partial charge >= 0.3 is 23.9 Å². The maximum atomic E-state index is 13.1. The Kier molecular flexibility index (Phi) is 14.1. The molecule has 0 bridgehead atoms. The first-order valence-corrected chi connectivity index (χ1v) is 20.1.